The van der Waals surface area contributed by atoms with Crippen LogP contribution in [0.4, 0.5) is 16.6 Å². The minimum absolute atomic E-state index is 0.123. The quantitative estimate of drug-likeness (QED) is 0.519. The van der Waals surface area contributed by atoms with Crippen molar-refractivity contribution < 1.29 is 4.92 Å². The number of anilines is 2. The molecule has 21 heavy (non-hydrogen) atoms. The molecule has 0 radical (unpaired) electrons. The fraction of sp³-hybridized carbons (Fsp3) is 0. The number of halogens is 2. The molecule has 3 rings (SSSR count). The van der Waals surface area contributed by atoms with Crippen LogP contribution in [0.1, 0.15) is 0 Å². The van der Waals surface area contributed by atoms with Gasteiger partial charge in [0.15, 0.2) is 5.13 Å². The molecule has 2 aromatic heterocycles. The first-order chi connectivity index (χ1) is 10.0. The summed E-state index contributed by atoms with van der Waals surface area (Å²) in [5, 5.41) is 15.1. The molecular weight excluding hydrogens is 380 g/mol. The lowest BCUT2D eigenvalue weighted by Gasteiger charge is -2.02. The van der Waals surface area contributed by atoms with Crippen molar-refractivity contribution in [2.45, 2.75) is 0 Å². The Kier molecular flexibility index (Phi) is 3.75. The van der Waals surface area contributed by atoms with Gasteiger partial charge >= 0.3 is 5.69 Å². The van der Waals surface area contributed by atoms with Crippen molar-refractivity contribution in [1.82, 2.24) is 9.97 Å². The largest absolute Gasteiger partial charge is 0.312 e. The second-order valence-corrected chi connectivity index (χ2v) is 6.42. The number of nitrogens with zero attached hydrogens (tertiary/aromatic N) is 3. The molecule has 106 valence electrons. The molecular formula is C12H6BrClN4O2S. The van der Waals surface area contributed by atoms with Gasteiger partial charge in [0.1, 0.15) is 0 Å². The maximum absolute atomic E-state index is 11.1. The van der Waals surface area contributed by atoms with Crippen LogP contribution in [0.25, 0.3) is 10.2 Å². The second kappa shape index (κ2) is 5.55. The standard InChI is InChI=1S/C12H6BrClN4O2S/c13-6-3-9(18(19)20)11(15-5-6)17-12-16-8-2-1-7(14)4-10(8)21-12/h1-5H,(H,15,16,17). The van der Waals surface area contributed by atoms with E-state index in [0.717, 1.165) is 10.2 Å². The van der Waals surface area contributed by atoms with Crippen LogP contribution in [-0.4, -0.2) is 14.9 Å². The first-order valence-corrected chi connectivity index (χ1v) is 7.65. The van der Waals surface area contributed by atoms with Gasteiger partial charge < -0.3 is 5.32 Å². The summed E-state index contributed by atoms with van der Waals surface area (Å²) in [6.45, 7) is 0. The molecule has 6 nitrogen and oxygen atoms in total. The van der Waals surface area contributed by atoms with E-state index in [1.165, 1.54) is 23.6 Å². The Morgan fingerprint density at radius 1 is 1.38 bits per heavy atom. The molecule has 0 atom stereocenters. The van der Waals surface area contributed by atoms with E-state index in [1.807, 2.05) is 0 Å². The Morgan fingerprint density at radius 2 is 2.19 bits per heavy atom. The molecule has 0 aliphatic carbocycles. The van der Waals surface area contributed by atoms with Crippen LogP contribution in [0.3, 0.4) is 0 Å². The summed E-state index contributed by atoms with van der Waals surface area (Å²) in [6, 6.07) is 6.72. The lowest BCUT2D eigenvalue weighted by atomic mass is 10.3. The van der Waals surface area contributed by atoms with Gasteiger partial charge in [-0.25, -0.2) is 9.97 Å². The number of hydrogen-bond donors (Lipinski definition) is 1. The molecule has 0 aliphatic rings. The molecule has 0 unspecified atom stereocenters. The predicted octanol–water partition coefficient (Wildman–Crippen LogP) is 4.76. The third-order valence-electron chi connectivity index (χ3n) is 2.61. The van der Waals surface area contributed by atoms with Crippen LogP contribution in [0.15, 0.2) is 34.9 Å². The van der Waals surface area contributed by atoms with E-state index in [4.69, 9.17) is 11.6 Å². The fourth-order valence-electron chi connectivity index (χ4n) is 1.72. The second-order valence-electron chi connectivity index (χ2n) is 4.03. The van der Waals surface area contributed by atoms with Crippen molar-refractivity contribution in [3.8, 4) is 0 Å². The van der Waals surface area contributed by atoms with Crippen molar-refractivity contribution in [2.75, 3.05) is 5.32 Å². The molecule has 0 spiro atoms. The summed E-state index contributed by atoms with van der Waals surface area (Å²) in [5.41, 5.74) is 0.647. The molecule has 1 aromatic carbocycles. The van der Waals surface area contributed by atoms with E-state index in [-0.39, 0.29) is 11.5 Å². The Balaban J connectivity index is 2.00. The van der Waals surface area contributed by atoms with Crippen LogP contribution in [0, 0.1) is 10.1 Å². The summed E-state index contributed by atoms with van der Waals surface area (Å²) in [7, 11) is 0. The van der Waals surface area contributed by atoms with E-state index in [2.05, 4.69) is 31.2 Å². The Bertz CT molecular complexity index is 854. The number of rotatable bonds is 3. The first kappa shape index (κ1) is 14.2. The maximum Gasteiger partial charge on any atom is 0.312 e. The minimum Gasteiger partial charge on any atom is -0.310 e. The maximum atomic E-state index is 11.1. The average molecular weight is 386 g/mol. The number of thiazole rings is 1. The molecule has 0 saturated heterocycles. The highest BCUT2D eigenvalue weighted by Gasteiger charge is 2.17. The molecule has 1 N–H and O–H groups in total. The van der Waals surface area contributed by atoms with Gasteiger partial charge in [0.2, 0.25) is 5.82 Å². The van der Waals surface area contributed by atoms with Gasteiger partial charge in [0.05, 0.1) is 15.1 Å². The topological polar surface area (TPSA) is 81.0 Å². The molecule has 3 aromatic rings. The van der Waals surface area contributed by atoms with E-state index in [1.54, 1.807) is 18.2 Å². The molecule has 0 aliphatic heterocycles. The zero-order chi connectivity index (χ0) is 15.0. The van der Waals surface area contributed by atoms with Crippen LogP contribution < -0.4 is 5.32 Å². The van der Waals surface area contributed by atoms with Gasteiger partial charge in [-0.05, 0) is 34.1 Å². The van der Waals surface area contributed by atoms with E-state index in [9.17, 15) is 10.1 Å². The Morgan fingerprint density at radius 3 is 2.95 bits per heavy atom. The minimum atomic E-state index is -0.496. The van der Waals surface area contributed by atoms with Crippen molar-refractivity contribution in [3.63, 3.8) is 0 Å². The number of nitrogens with one attached hydrogen (secondary N) is 1. The lowest BCUT2D eigenvalue weighted by Crippen LogP contribution is -1.99. The SMILES string of the molecule is O=[N+]([O-])c1cc(Br)cnc1Nc1nc2ccc(Cl)cc2s1. The summed E-state index contributed by atoms with van der Waals surface area (Å²) in [4.78, 5) is 18.9. The van der Waals surface area contributed by atoms with E-state index in [0.29, 0.717) is 14.6 Å². The van der Waals surface area contributed by atoms with Crippen molar-refractivity contribution in [2.24, 2.45) is 0 Å². The Hall–Kier alpha value is -1.77. The molecule has 0 bridgehead atoms. The number of hydrogen-bond acceptors (Lipinski definition) is 6. The predicted molar refractivity (Wildman–Crippen MR) is 86.5 cm³/mol. The molecule has 0 saturated carbocycles. The first-order valence-electron chi connectivity index (χ1n) is 5.66. The summed E-state index contributed by atoms with van der Waals surface area (Å²) in [5.74, 6) is 0.147. The third-order valence-corrected chi connectivity index (χ3v) is 4.21. The molecule has 0 amide bonds. The van der Waals surface area contributed by atoms with Crippen molar-refractivity contribution in [3.05, 3.63) is 50.1 Å². The highest BCUT2D eigenvalue weighted by atomic mass is 79.9. The van der Waals surface area contributed by atoms with E-state index < -0.39 is 4.92 Å². The smallest absolute Gasteiger partial charge is 0.310 e. The fourth-order valence-corrected chi connectivity index (χ4v) is 3.18. The Labute approximate surface area is 136 Å². The van der Waals surface area contributed by atoms with Gasteiger partial charge in [-0.2, -0.15) is 0 Å². The number of nitro groups is 1. The van der Waals surface area contributed by atoms with Crippen molar-refractivity contribution in [1.29, 1.82) is 0 Å². The number of pyridine rings is 1. The van der Waals surface area contributed by atoms with Gasteiger partial charge in [-0.15, -0.1) is 0 Å². The number of fused-ring (bicyclic) bond motifs is 1. The zero-order valence-corrected chi connectivity index (χ0v) is 13.4. The monoisotopic (exact) mass is 384 g/mol. The summed E-state index contributed by atoms with van der Waals surface area (Å²) in [6.07, 6.45) is 1.49. The van der Waals surface area contributed by atoms with Crippen LogP contribution in [0.2, 0.25) is 5.02 Å². The van der Waals surface area contributed by atoms with Crippen LogP contribution >= 0.6 is 38.9 Å². The van der Waals surface area contributed by atoms with Gasteiger partial charge in [-0.1, -0.05) is 22.9 Å². The normalized spacial score (nSPS) is 10.8. The third kappa shape index (κ3) is 2.97. The molecule has 9 heteroatoms. The molecule has 0 fully saturated rings. The summed E-state index contributed by atoms with van der Waals surface area (Å²) >= 11 is 10.4. The zero-order valence-electron chi connectivity index (χ0n) is 10.2. The van der Waals surface area contributed by atoms with Gasteiger partial charge in [0.25, 0.3) is 0 Å². The van der Waals surface area contributed by atoms with Crippen LogP contribution in [-0.2, 0) is 0 Å². The lowest BCUT2D eigenvalue weighted by molar-refractivity contribution is -0.384. The average Bonchev–Trinajstić information content (AvgIpc) is 2.82. The van der Waals surface area contributed by atoms with Crippen molar-refractivity contribution >= 4 is 65.7 Å². The number of benzene rings is 1. The van der Waals surface area contributed by atoms with E-state index >= 15 is 0 Å². The van der Waals surface area contributed by atoms with Crippen LogP contribution in [0.5, 0.6) is 0 Å². The number of aromatic nitrogens is 2. The van der Waals surface area contributed by atoms with Gasteiger partial charge in [-0.3, -0.25) is 10.1 Å². The summed E-state index contributed by atoms with van der Waals surface area (Å²) < 4.78 is 1.43. The highest BCUT2D eigenvalue weighted by Crippen LogP contribution is 2.33. The molecule has 2 heterocycles. The highest BCUT2D eigenvalue weighted by molar-refractivity contribution is 9.10. The van der Waals surface area contributed by atoms with Gasteiger partial charge in [0, 0.05) is 21.8 Å².